The van der Waals surface area contributed by atoms with Crippen molar-refractivity contribution < 1.29 is 4.79 Å². The van der Waals surface area contributed by atoms with Crippen molar-refractivity contribution in [3.8, 4) is 0 Å². The molecule has 3 nitrogen and oxygen atoms in total. The Kier molecular flexibility index (Phi) is 6.86. The second-order valence-electron chi connectivity index (χ2n) is 3.99. The molecule has 0 fully saturated rings. The Hall–Kier alpha value is -0.420. The zero-order valence-electron chi connectivity index (χ0n) is 10.1. The van der Waals surface area contributed by atoms with Crippen LogP contribution in [0.1, 0.15) is 13.3 Å². The van der Waals surface area contributed by atoms with Crippen LogP contribution in [0.2, 0.25) is 10.0 Å². The molecule has 1 aromatic carbocycles. The van der Waals surface area contributed by atoms with Crippen molar-refractivity contribution in [1.82, 2.24) is 0 Å². The second-order valence-corrected chi connectivity index (χ2v) is 5.94. The number of hydrogen-bond donors (Lipinski definition) is 2. The van der Waals surface area contributed by atoms with Gasteiger partial charge in [0, 0.05) is 11.1 Å². The Morgan fingerprint density at radius 3 is 2.89 bits per heavy atom. The average molecular weight is 307 g/mol. The molecule has 0 saturated heterocycles. The average Bonchev–Trinajstić information content (AvgIpc) is 2.29. The predicted octanol–water partition coefficient (Wildman–Crippen LogP) is 3.40. The number of hydrogen-bond acceptors (Lipinski definition) is 3. The summed E-state index contributed by atoms with van der Waals surface area (Å²) in [5.74, 6) is 1.16. The van der Waals surface area contributed by atoms with E-state index in [9.17, 15) is 4.79 Å². The lowest BCUT2D eigenvalue weighted by Gasteiger charge is -2.08. The normalized spacial score (nSPS) is 12.2. The van der Waals surface area contributed by atoms with E-state index in [-0.39, 0.29) is 11.9 Å². The van der Waals surface area contributed by atoms with E-state index in [1.807, 2.05) is 6.92 Å². The molecule has 0 heterocycles. The van der Waals surface area contributed by atoms with Crippen LogP contribution in [0.15, 0.2) is 18.2 Å². The fraction of sp³-hybridized carbons (Fsp3) is 0.417. The molecule has 0 saturated carbocycles. The minimum absolute atomic E-state index is 0.0890. The number of amides is 1. The van der Waals surface area contributed by atoms with E-state index in [1.165, 1.54) is 0 Å². The Bertz CT molecular complexity index is 413. The summed E-state index contributed by atoms with van der Waals surface area (Å²) in [6.45, 7) is 1.95. The van der Waals surface area contributed by atoms with E-state index in [1.54, 1.807) is 30.0 Å². The number of carbonyl (C=O) groups is 1. The summed E-state index contributed by atoms with van der Waals surface area (Å²) in [5.41, 5.74) is 6.17. The van der Waals surface area contributed by atoms with E-state index in [0.29, 0.717) is 21.5 Å². The first kappa shape index (κ1) is 15.6. The van der Waals surface area contributed by atoms with Gasteiger partial charge in [0.1, 0.15) is 0 Å². The van der Waals surface area contributed by atoms with Crippen molar-refractivity contribution in [2.45, 2.75) is 19.4 Å². The quantitative estimate of drug-likeness (QED) is 0.792. The van der Waals surface area contributed by atoms with Gasteiger partial charge in [0.15, 0.2) is 0 Å². The number of carbonyl (C=O) groups excluding carboxylic acids is 1. The molecule has 1 aromatic rings. The van der Waals surface area contributed by atoms with Crippen LogP contribution in [0.25, 0.3) is 0 Å². The zero-order chi connectivity index (χ0) is 13.5. The van der Waals surface area contributed by atoms with Crippen molar-refractivity contribution in [2.24, 2.45) is 5.73 Å². The summed E-state index contributed by atoms with van der Waals surface area (Å²) in [7, 11) is 0. The molecule has 1 unspecified atom stereocenters. The Labute approximate surface area is 121 Å². The lowest BCUT2D eigenvalue weighted by Crippen LogP contribution is -2.17. The highest BCUT2D eigenvalue weighted by atomic mass is 35.5. The molecule has 0 bridgehead atoms. The lowest BCUT2D eigenvalue weighted by atomic mass is 10.3. The van der Waals surface area contributed by atoms with Crippen LogP contribution in [0.5, 0.6) is 0 Å². The number of anilines is 1. The first-order chi connectivity index (χ1) is 8.49. The van der Waals surface area contributed by atoms with Crippen LogP contribution in [0.3, 0.4) is 0 Å². The molecule has 0 aliphatic heterocycles. The fourth-order valence-electron chi connectivity index (χ4n) is 1.21. The molecular weight excluding hydrogens is 291 g/mol. The van der Waals surface area contributed by atoms with Crippen molar-refractivity contribution in [2.75, 3.05) is 16.8 Å². The number of nitrogens with two attached hydrogens (primary N) is 1. The number of benzene rings is 1. The maximum Gasteiger partial charge on any atom is 0.234 e. The molecule has 1 rings (SSSR count). The summed E-state index contributed by atoms with van der Waals surface area (Å²) in [6.07, 6.45) is 0.899. The van der Waals surface area contributed by atoms with Crippen molar-refractivity contribution in [3.05, 3.63) is 28.2 Å². The van der Waals surface area contributed by atoms with Gasteiger partial charge in [0.05, 0.1) is 16.5 Å². The van der Waals surface area contributed by atoms with Gasteiger partial charge >= 0.3 is 0 Å². The monoisotopic (exact) mass is 306 g/mol. The number of nitrogens with one attached hydrogen (secondary N) is 1. The number of rotatable bonds is 6. The maximum atomic E-state index is 11.7. The van der Waals surface area contributed by atoms with Gasteiger partial charge in [0.2, 0.25) is 5.91 Å². The molecule has 0 spiro atoms. The van der Waals surface area contributed by atoms with Gasteiger partial charge < -0.3 is 11.1 Å². The minimum atomic E-state index is -0.0890. The van der Waals surface area contributed by atoms with Crippen LogP contribution in [0.4, 0.5) is 5.69 Å². The summed E-state index contributed by atoms with van der Waals surface area (Å²) < 4.78 is 0. The van der Waals surface area contributed by atoms with Gasteiger partial charge in [-0.3, -0.25) is 4.79 Å². The summed E-state index contributed by atoms with van der Waals surface area (Å²) in [6, 6.07) is 5.14. The molecule has 3 N–H and O–H groups in total. The highest BCUT2D eigenvalue weighted by Crippen LogP contribution is 2.25. The van der Waals surface area contributed by atoms with Crippen LogP contribution in [0, 0.1) is 0 Å². The van der Waals surface area contributed by atoms with Crippen molar-refractivity contribution >= 4 is 46.6 Å². The molecule has 1 atom stereocenters. The summed E-state index contributed by atoms with van der Waals surface area (Å²) in [5, 5.41) is 3.75. The zero-order valence-corrected chi connectivity index (χ0v) is 12.4. The van der Waals surface area contributed by atoms with Gasteiger partial charge in [0.25, 0.3) is 0 Å². The fourth-order valence-corrected chi connectivity index (χ4v) is 2.49. The van der Waals surface area contributed by atoms with Gasteiger partial charge in [-0.05, 0) is 37.3 Å². The highest BCUT2D eigenvalue weighted by Gasteiger charge is 2.06. The van der Waals surface area contributed by atoms with Crippen LogP contribution in [-0.2, 0) is 4.79 Å². The Morgan fingerprint density at radius 2 is 2.22 bits per heavy atom. The van der Waals surface area contributed by atoms with E-state index < -0.39 is 0 Å². The van der Waals surface area contributed by atoms with Crippen LogP contribution < -0.4 is 11.1 Å². The van der Waals surface area contributed by atoms with Gasteiger partial charge in [-0.25, -0.2) is 0 Å². The van der Waals surface area contributed by atoms with Gasteiger partial charge in [-0.1, -0.05) is 23.2 Å². The Morgan fingerprint density at radius 1 is 1.50 bits per heavy atom. The standard InChI is InChI=1S/C12H16Cl2N2OS/c1-8(15)4-5-18-7-12(17)16-11-6-9(13)2-3-10(11)14/h2-3,6,8H,4-5,7,15H2,1H3,(H,16,17). The van der Waals surface area contributed by atoms with E-state index in [2.05, 4.69) is 5.32 Å². The van der Waals surface area contributed by atoms with E-state index in [4.69, 9.17) is 28.9 Å². The smallest absolute Gasteiger partial charge is 0.234 e. The number of thioether (sulfide) groups is 1. The molecule has 0 aromatic heterocycles. The van der Waals surface area contributed by atoms with Gasteiger partial charge in [-0.2, -0.15) is 11.8 Å². The molecule has 6 heteroatoms. The van der Waals surface area contributed by atoms with E-state index in [0.717, 1.165) is 12.2 Å². The summed E-state index contributed by atoms with van der Waals surface area (Å²) >= 11 is 13.3. The van der Waals surface area contributed by atoms with Crippen molar-refractivity contribution in [3.63, 3.8) is 0 Å². The number of halogens is 2. The Balaban J connectivity index is 2.38. The summed E-state index contributed by atoms with van der Waals surface area (Å²) in [4.78, 5) is 11.7. The molecule has 0 aliphatic carbocycles. The third-order valence-corrected chi connectivity index (χ3v) is 3.71. The molecule has 0 radical (unpaired) electrons. The van der Waals surface area contributed by atoms with Crippen LogP contribution >= 0.6 is 35.0 Å². The second kappa shape index (κ2) is 7.89. The van der Waals surface area contributed by atoms with Crippen molar-refractivity contribution in [1.29, 1.82) is 0 Å². The third kappa shape index (κ3) is 5.96. The van der Waals surface area contributed by atoms with Gasteiger partial charge in [-0.15, -0.1) is 0 Å². The first-order valence-corrected chi connectivity index (χ1v) is 7.48. The molecule has 1 amide bonds. The minimum Gasteiger partial charge on any atom is -0.328 e. The lowest BCUT2D eigenvalue weighted by molar-refractivity contribution is -0.113. The molecule has 18 heavy (non-hydrogen) atoms. The topological polar surface area (TPSA) is 55.1 Å². The molecular formula is C12H16Cl2N2OS. The SMILES string of the molecule is CC(N)CCSCC(=O)Nc1cc(Cl)ccc1Cl. The third-order valence-electron chi connectivity index (χ3n) is 2.15. The first-order valence-electron chi connectivity index (χ1n) is 5.57. The largest absolute Gasteiger partial charge is 0.328 e. The molecule has 0 aliphatic rings. The predicted molar refractivity (Wildman–Crippen MR) is 80.7 cm³/mol. The molecule has 100 valence electrons. The highest BCUT2D eigenvalue weighted by molar-refractivity contribution is 7.99. The maximum absolute atomic E-state index is 11.7. The van der Waals surface area contributed by atoms with Crippen LogP contribution in [-0.4, -0.2) is 23.5 Å². The van der Waals surface area contributed by atoms with E-state index >= 15 is 0 Å².